The second-order valence-corrected chi connectivity index (χ2v) is 3.94. The highest BCUT2D eigenvalue weighted by atomic mass is 19.4. The van der Waals surface area contributed by atoms with Crippen molar-refractivity contribution in [2.45, 2.75) is 19.1 Å². The van der Waals surface area contributed by atoms with Crippen molar-refractivity contribution in [3.8, 4) is 0 Å². The minimum absolute atomic E-state index is 0.0382. The van der Waals surface area contributed by atoms with Gasteiger partial charge in [-0.05, 0) is 17.7 Å². The molecular formula is C11H10F4N2. The second kappa shape index (κ2) is 4.01. The minimum atomic E-state index is -4.24. The summed E-state index contributed by atoms with van der Waals surface area (Å²) in [6, 6.07) is 3.94. The number of nitrogens with one attached hydrogen (secondary N) is 1. The van der Waals surface area contributed by atoms with Crippen molar-refractivity contribution in [1.82, 2.24) is 4.90 Å². The van der Waals surface area contributed by atoms with Crippen LogP contribution in [0.2, 0.25) is 0 Å². The van der Waals surface area contributed by atoms with Crippen LogP contribution in [-0.4, -0.2) is 23.5 Å². The van der Waals surface area contributed by atoms with Gasteiger partial charge in [0.1, 0.15) is 11.7 Å². The van der Waals surface area contributed by atoms with Gasteiger partial charge in [-0.3, -0.25) is 5.41 Å². The first-order valence-corrected chi connectivity index (χ1v) is 5.06. The van der Waals surface area contributed by atoms with Gasteiger partial charge in [0.25, 0.3) is 0 Å². The quantitative estimate of drug-likeness (QED) is 0.798. The van der Waals surface area contributed by atoms with E-state index >= 15 is 0 Å². The molecule has 17 heavy (non-hydrogen) atoms. The Labute approximate surface area is 95.4 Å². The van der Waals surface area contributed by atoms with Crippen LogP contribution in [0.3, 0.4) is 0 Å². The van der Waals surface area contributed by atoms with Gasteiger partial charge in [0.05, 0.1) is 6.42 Å². The average Bonchev–Trinajstić information content (AvgIpc) is 2.52. The Bertz CT molecular complexity index is 453. The van der Waals surface area contributed by atoms with E-state index in [-0.39, 0.29) is 18.9 Å². The predicted octanol–water partition coefficient (Wildman–Crippen LogP) is 2.92. The van der Waals surface area contributed by atoms with Gasteiger partial charge in [0.15, 0.2) is 0 Å². The molecule has 6 heteroatoms. The maximum Gasteiger partial charge on any atom is 0.390 e. The van der Waals surface area contributed by atoms with Crippen LogP contribution >= 0.6 is 0 Å². The molecule has 2 nitrogen and oxygen atoms in total. The molecule has 0 spiro atoms. The van der Waals surface area contributed by atoms with Gasteiger partial charge in [-0.2, -0.15) is 13.2 Å². The fourth-order valence-corrected chi connectivity index (χ4v) is 1.81. The first-order valence-electron chi connectivity index (χ1n) is 5.06. The standard InChI is InChI=1S/C11H10F4N2/c12-8-2-1-7-6-17(4-3-11(13,14)15)10(16)9(7)5-8/h1-2,5,16H,3-4,6H2. The summed E-state index contributed by atoms with van der Waals surface area (Å²) in [6.07, 6.45) is -5.20. The molecule has 1 heterocycles. The minimum Gasteiger partial charge on any atom is -0.352 e. The smallest absolute Gasteiger partial charge is 0.352 e. The van der Waals surface area contributed by atoms with Gasteiger partial charge in [-0.1, -0.05) is 6.07 Å². The van der Waals surface area contributed by atoms with Crippen molar-refractivity contribution in [3.63, 3.8) is 0 Å². The summed E-state index contributed by atoms with van der Waals surface area (Å²) in [5.41, 5.74) is 1.07. The molecular weight excluding hydrogens is 236 g/mol. The van der Waals surface area contributed by atoms with Crippen LogP contribution in [0.25, 0.3) is 0 Å². The molecule has 1 aliphatic heterocycles. The fraction of sp³-hybridized carbons (Fsp3) is 0.364. The SMILES string of the molecule is N=C1c2cc(F)ccc2CN1CCC(F)(F)F. The molecule has 0 amide bonds. The molecule has 2 rings (SSSR count). The van der Waals surface area contributed by atoms with Gasteiger partial charge >= 0.3 is 6.18 Å². The number of hydrogen-bond acceptors (Lipinski definition) is 1. The van der Waals surface area contributed by atoms with E-state index in [1.807, 2.05) is 0 Å². The zero-order valence-electron chi connectivity index (χ0n) is 8.81. The van der Waals surface area contributed by atoms with E-state index < -0.39 is 18.4 Å². The van der Waals surface area contributed by atoms with Gasteiger partial charge in [0.2, 0.25) is 0 Å². The molecule has 0 atom stereocenters. The number of halogens is 4. The Hall–Kier alpha value is -1.59. The lowest BCUT2D eigenvalue weighted by Crippen LogP contribution is -2.28. The van der Waals surface area contributed by atoms with Crippen molar-refractivity contribution in [1.29, 1.82) is 5.41 Å². The summed E-state index contributed by atoms with van der Waals surface area (Å²) in [7, 11) is 0. The Morgan fingerprint density at radius 1 is 1.29 bits per heavy atom. The van der Waals surface area contributed by atoms with Gasteiger partial charge in [0, 0.05) is 18.7 Å². The van der Waals surface area contributed by atoms with Crippen molar-refractivity contribution in [2.24, 2.45) is 0 Å². The van der Waals surface area contributed by atoms with E-state index in [9.17, 15) is 17.6 Å². The zero-order valence-corrected chi connectivity index (χ0v) is 8.81. The number of amidine groups is 1. The molecule has 0 saturated carbocycles. The third-order valence-electron chi connectivity index (χ3n) is 2.67. The van der Waals surface area contributed by atoms with Crippen molar-refractivity contribution < 1.29 is 17.6 Å². The van der Waals surface area contributed by atoms with Crippen molar-refractivity contribution in [3.05, 3.63) is 35.1 Å². The highest BCUT2D eigenvalue weighted by Crippen LogP contribution is 2.26. The molecule has 0 saturated heterocycles. The van der Waals surface area contributed by atoms with Gasteiger partial charge in [-0.15, -0.1) is 0 Å². The lowest BCUT2D eigenvalue weighted by atomic mass is 10.1. The summed E-state index contributed by atoms with van der Waals surface area (Å²) in [5.74, 6) is -0.519. The first kappa shape index (κ1) is 11.9. The van der Waals surface area contributed by atoms with Gasteiger partial charge in [-0.25, -0.2) is 4.39 Å². The number of nitrogens with zero attached hydrogens (tertiary/aromatic N) is 1. The molecule has 92 valence electrons. The number of rotatable bonds is 2. The molecule has 1 N–H and O–H groups in total. The summed E-state index contributed by atoms with van der Waals surface area (Å²) < 4.78 is 49.2. The largest absolute Gasteiger partial charge is 0.390 e. The summed E-state index contributed by atoms with van der Waals surface area (Å²) in [4.78, 5) is 1.30. The normalized spacial score (nSPS) is 15.3. The molecule has 1 aromatic rings. The number of benzene rings is 1. The van der Waals surface area contributed by atoms with E-state index in [2.05, 4.69) is 0 Å². The zero-order chi connectivity index (χ0) is 12.6. The van der Waals surface area contributed by atoms with Crippen LogP contribution in [0.4, 0.5) is 17.6 Å². The highest BCUT2D eigenvalue weighted by molar-refractivity contribution is 6.00. The van der Waals surface area contributed by atoms with Crippen LogP contribution < -0.4 is 0 Å². The lowest BCUT2D eigenvalue weighted by Gasteiger charge is -2.18. The predicted molar refractivity (Wildman–Crippen MR) is 54.3 cm³/mol. The molecule has 0 unspecified atom stereocenters. The van der Waals surface area contributed by atoms with Crippen LogP contribution in [0.15, 0.2) is 18.2 Å². The molecule has 1 aliphatic rings. The molecule has 1 aromatic carbocycles. The Kier molecular flexibility index (Phi) is 2.81. The number of fused-ring (bicyclic) bond motifs is 1. The Balaban J connectivity index is 2.10. The van der Waals surface area contributed by atoms with Crippen LogP contribution in [0.1, 0.15) is 17.5 Å². The van der Waals surface area contributed by atoms with E-state index in [4.69, 9.17) is 5.41 Å². The molecule has 0 bridgehead atoms. The number of hydrogen-bond donors (Lipinski definition) is 1. The molecule has 0 aliphatic carbocycles. The topological polar surface area (TPSA) is 27.1 Å². The summed E-state index contributed by atoms with van der Waals surface area (Å²) >= 11 is 0. The van der Waals surface area contributed by atoms with Crippen LogP contribution in [-0.2, 0) is 6.54 Å². The lowest BCUT2D eigenvalue weighted by molar-refractivity contribution is -0.136. The van der Waals surface area contributed by atoms with E-state index in [0.29, 0.717) is 11.1 Å². The fourth-order valence-electron chi connectivity index (χ4n) is 1.81. The molecule has 0 radical (unpaired) electrons. The Morgan fingerprint density at radius 3 is 2.65 bits per heavy atom. The highest BCUT2D eigenvalue weighted by Gasteiger charge is 2.31. The van der Waals surface area contributed by atoms with Crippen LogP contribution in [0.5, 0.6) is 0 Å². The average molecular weight is 246 g/mol. The maximum atomic E-state index is 12.9. The van der Waals surface area contributed by atoms with E-state index in [1.54, 1.807) is 0 Å². The second-order valence-electron chi connectivity index (χ2n) is 3.94. The first-order chi connectivity index (χ1) is 7.87. The third-order valence-corrected chi connectivity index (χ3v) is 2.67. The molecule has 0 fully saturated rings. The Morgan fingerprint density at radius 2 is 2.00 bits per heavy atom. The van der Waals surface area contributed by atoms with Crippen molar-refractivity contribution in [2.75, 3.05) is 6.54 Å². The van der Waals surface area contributed by atoms with E-state index in [0.717, 1.165) is 0 Å². The monoisotopic (exact) mass is 246 g/mol. The summed E-state index contributed by atoms with van der Waals surface area (Å²) in [6.45, 7) is -0.0246. The van der Waals surface area contributed by atoms with Crippen LogP contribution in [0, 0.1) is 11.2 Å². The maximum absolute atomic E-state index is 12.9. The number of alkyl halides is 3. The molecule has 0 aromatic heterocycles. The van der Waals surface area contributed by atoms with E-state index in [1.165, 1.54) is 23.1 Å². The van der Waals surface area contributed by atoms with Crippen molar-refractivity contribution >= 4 is 5.84 Å². The third kappa shape index (κ3) is 2.57. The summed E-state index contributed by atoms with van der Waals surface area (Å²) in [5, 5.41) is 7.68. The van der Waals surface area contributed by atoms with Gasteiger partial charge < -0.3 is 4.90 Å².